The lowest BCUT2D eigenvalue weighted by Crippen LogP contribution is -2.33. The number of aromatic nitrogens is 6. The summed E-state index contributed by atoms with van der Waals surface area (Å²) in [5, 5.41) is 26.8. The molecule has 0 aliphatic heterocycles. The van der Waals surface area contributed by atoms with Gasteiger partial charge >= 0.3 is 23.7 Å². The van der Waals surface area contributed by atoms with E-state index < -0.39 is 11.5 Å². The van der Waals surface area contributed by atoms with Crippen LogP contribution in [-0.4, -0.2) is 66.4 Å². The van der Waals surface area contributed by atoms with E-state index in [4.69, 9.17) is 18.3 Å². The van der Waals surface area contributed by atoms with E-state index >= 15 is 0 Å². The zero-order valence-electron chi connectivity index (χ0n) is 32.4. The second kappa shape index (κ2) is 16.7. The molecule has 4 aromatic heterocycles. The van der Waals surface area contributed by atoms with Crippen LogP contribution in [0.1, 0.15) is 89.4 Å². The first-order valence-corrected chi connectivity index (χ1v) is 19.2. The van der Waals surface area contributed by atoms with Gasteiger partial charge in [0.05, 0.1) is 11.4 Å². The minimum atomic E-state index is -0.495. The maximum absolute atomic E-state index is 11.8. The maximum Gasteiger partial charge on any atom is 0.419 e. The van der Waals surface area contributed by atoms with Gasteiger partial charge in [-0.25, -0.2) is 19.2 Å². The number of nitrogens with zero attached hydrogens (tertiary/aromatic N) is 3. The number of aromatic amines is 3. The summed E-state index contributed by atoms with van der Waals surface area (Å²) in [5.74, 6) is 0.906. The third kappa shape index (κ3) is 9.33. The van der Waals surface area contributed by atoms with Crippen molar-refractivity contribution in [1.29, 1.82) is 0 Å². The third-order valence-electron chi connectivity index (χ3n) is 9.99. The molecule has 18 heteroatoms. The lowest BCUT2D eigenvalue weighted by atomic mass is 10.0. The van der Waals surface area contributed by atoms with Crippen molar-refractivity contribution in [2.24, 2.45) is 7.05 Å². The van der Waals surface area contributed by atoms with Crippen molar-refractivity contribution in [3.8, 4) is 0 Å². The molecule has 2 fully saturated rings. The van der Waals surface area contributed by atoms with Gasteiger partial charge in [-0.3, -0.25) is 19.7 Å². The molecule has 302 valence electrons. The van der Waals surface area contributed by atoms with Crippen molar-refractivity contribution in [3.63, 3.8) is 0 Å². The van der Waals surface area contributed by atoms with Crippen molar-refractivity contribution in [2.75, 3.05) is 10.6 Å². The Morgan fingerprint density at radius 1 is 0.754 bits per heavy atom. The van der Waals surface area contributed by atoms with Gasteiger partial charge in [0.25, 0.3) is 0 Å². The number of hydrogen-bond donors (Lipinski definition) is 7. The molecule has 7 N–H and O–H groups in total. The van der Waals surface area contributed by atoms with Gasteiger partial charge in [0.15, 0.2) is 22.8 Å². The van der Waals surface area contributed by atoms with E-state index in [1.807, 2.05) is 58.0 Å². The fourth-order valence-electron chi connectivity index (χ4n) is 7.38. The molecule has 0 radical (unpaired) electrons. The van der Waals surface area contributed by atoms with Gasteiger partial charge in [-0.1, -0.05) is 12.1 Å². The van der Waals surface area contributed by atoms with E-state index in [0.717, 1.165) is 55.6 Å². The zero-order chi connectivity index (χ0) is 40.2. The molecule has 4 heterocycles. The van der Waals surface area contributed by atoms with E-state index in [0.29, 0.717) is 39.5 Å². The van der Waals surface area contributed by atoms with Crippen LogP contribution in [0, 0.1) is 0 Å². The quantitative estimate of drug-likeness (QED) is 0.0766. The van der Waals surface area contributed by atoms with Crippen LogP contribution in [0.3, 0.4) is 0 Å². The Labute approximate surface area is 326 Å². The summed E-state index contributed by atoms with van der Waals surface area (Å²) in [6.45, 7) is 7.61. The van der Waals surface area contributed by atoms with Crippen LogP contribution in [-0.2, 0) is 16.5 Å². The Hall–Kier alpha value is -6.46. The summed E-state index contributed by atoms with van der Waals surface area (Å²) >= 11 is 0. The number of hydrogen-bond acceptors (Lipinski definition) is 12. The van der Waals surface area contributed by atoms with Crippen molar-refractivity contribution < 1.29 is 27.9 Å². The number of anilines is 4. The lowest BCUT2D eigenvalue weighted by molar-refractivity contribution is 0.0972. The molecule has 2 aliphatic carbocycles. The normalized spacial score (nSPS) is 19.1. The molecule has 2 aromatic carbocycles. The Bertz CT molecular complexity index is 2450. The van der Waals surface area contributed by atoms with Crippen molar-refractivity contribution in [1.82, 2.24) is 40.6 Å². The number of para-hydroxylation sites is 2. The molecule has 2 aliphatic rings. The van der Waals surface area contributed by atoms with Gasteiger partial charge in [0, 0.05) is 54.5 Å². The molecule has 0 spiro atoms. The number of amides is 2. The molecular formula is C39H48N10O8. The third-order valence-corrected chi connectivity index (χ3v) is 9.99. The Morgan fingerprint density at radius 2 is 1.28 bits per heavy atom. The van der Waals surface area contributed by atoms with Crippen LogP contribution in [0.5, 0.6) is 0 Å². The number of oxazole rings is 2. The molecule has 1 unspecified atom stereocenters. The summed E-state index contributed by atoms with van der Waals surface area (Å²) in [4.78, 5) is 49.5. The first-order chi connectivity index (χ1) is 27.4. The Kier molecular flexibility index (Phi) is 11.4. The SMILES string of the molecule is CC(C)NC(=O)OC1CC[C@H](c2cc(Nc3cccc4oc(=O)n(C)c34)n[nH]2)C1.CC(C)NC(=O)O[C@@H]1CC[C@H](c2cc(Nc3cccc4oc(=O)[nH]c34)n[nH]2)C1. The Balaban J connectivity index is 0.000000174. The second-order valence-corrected chi connectivity index (χ2v) is 15.1. The molecular weight excluding hydrogens is 736 g/mol. The number of carbonyl (C=O) groups is 2. The molecule has 57 heavy (non-hydrogen) atoms. The molecule has 0 bridgehead atoms. The monoisotopic (exact) mass is 784 g/mol. The maximum atomic E-state index is 11.8. The number of aryl methyl sites for hydroxylation is 1. The molecule has 18 nitrogen and oxygen atoms in total. The van der Waals surface area contributed by atoms with E-state index in [1.165, 1.54) is 4.57 Å². The fraction of sp³-hybridized carbons (Fsp3) is 0.436. The number of carbonyl (C=O) groups excluding carboxylic acids is 2. The molecule has 2 amide bonds. The van der Waals surface area contributed by atoms with E-state index in [2.05, 4.69) is 46.6 Å². The van der Waals surface area contributed by atoms with Crippen LogP contribution >= 0.6 is 0 Å². The van der Waals surface area contributed by atoms with E-state index in [1.54, 1.807) is 25.2 Å². The van der Waals surface area contributed by atoms with Gasteiger partial charge in [-0.15, -0.1) is 0 Å². The van der Waals surface area contributed by atoms with E-state index in [9.17, 15) is 19.2 Å². The second-order valence-electron chi connectivity index (χ2n) is 15.1. The predicted molar refractivity (Wildman–Crippen MR) is 212 cm³/mol. The lowest BCUT2D eigenvalue weighted by Gasteiger charge is -2.14. The highest BCUT2D eigenvalue weighted by molar-refractivity contribution is 5.89. The van der Waals surface area contributed by atoms with Crippen molar-refractivity contribution >= 4 is 57.4 Å². The molecule has 6 aromatic rings. The van der Waals surface area contributed by atoms with Crippen LogP contribution in [0.4, 0.5) is 32.6 Å². The number of ether oxygens (including phenoxy) is 2. The molecule has 8 rings (SSSR count). The van der Waals surface area contributed by atoms with Gasteiger partial charge in [-0.05, 0) is 90.5 Å². The van der Waals surface area contributed by atoms with Crippen LogP contribution in [0.15, 0.2) is 67.0 Å². The van der Waals surface area contributed by atoms with Crippen LogP contribution in [0.2, 0.25) is 0 Å². The Morgan fingerprint density at radius 3 is 1.84 bits per heavy atom. The first-order valence-electron chi connectivity index (χ1n) is 19.2. The molecule has 0 saturated heterocycles. The van der Waals surface area contributed by atoms with Gasteiger partial charge in [0.2, 0.25) is 0 Å². The summed E-state index contributed by atoms with van der Waals surface area (Å²) in [5.41, 5.74) is 5.73. The highest BCUT2D eigenvalue weighted by Crippen LogP contribution is 2.38. The minimum absolute atomic E-state index is 0.0557. The zero-order valence-corrected chi connectivity index (χ0v) is 32.4. The number of nitrogens with one attached hydrogen (secondary N) is 7. The standard InChI is InChI=1S/C20H25N5O4.C19H23N5O4/c1-11(2)21-19(26)28-13-8-7-12(9-13)15-10-17(24-23-15)22-14-5-4-6-16-18(14)25(3)20(27)29-16;1-10(2)20-18(25)27-12-7-6-11(8-12)14-9-16(24-23-14)21-13-4-3-5-15-17(13)22-19(26)28-15/h4-6,10-13H,7-9H2,1-3H3,(H,21,26)(H2,22,23,24);3-5,9-12H,6-8H2,1-2H3,(H,20,25)(H,22,26)(H2,21,23,24)/t12-,13?;11-,12+/m00/s1. The highest BCUT2D eigenvalue weighted by atomic mass is 16.6. The van der Waals surface area contributed by atoms with Gasteiger partial charge < -0.3 is 39.6 Å². The van der Waals surface area contributed by atoms with E-state index in [-0.39, 0.29) is 48.3 Å². The minimum Gasteiger partial charge on any atom is -0.446 e. The number of alkyl carbamates (subject to hydrolysis) is 2. The number of fused-ring (bicyclic) bond motifs is 2. The molecule has 4 atom stereocenters. The van der Waals surface area contributed by atoms with Crippen LogP contribution in [0.25, 0.3) is 22.2 Å². The summed E-state index contributed by atoms with van der Waals surface area (Å²) in [7, 11) is 1.67. The summed E-state index contributed by atoms with van der Waals surface area (Å²) < 4.78 is 22.7. The number of H-pyrrole nitrogens is 3. The number of benzene rings is 2. The summed E-state index contributed by atoms with van der Waals surface area (Å²) in [6.07, 6.45) is 4.12. The number of rotatable bonds is 10. The topological polar surface area (TPSA) is 239 Å². The first kappa shape index (κ1) is 38.8. The molecule has 2 saturated carbocycles. The summed E-state index contributed by atoms with van der Waals surface area (Å²) in [6, 6.07) is 14.8. The van der Waals surface area contributed by atoms with Crippen LogP contribution < -0.4 is 32.8 Å². The fourth-order valence-corrected chi connectivity index (χ4v) is 7.38. The smallest absolute Gasteiger partial charge is 0.419 e. The average molecular weight is 785 g/mol. The average Bonchev–Trinajstić information content (AvgIpc) is 4.00. The largest absolute Gasteiger partial charge is 0.446 e. The van der Waals surface area contributed by atoms with Crippen molar-refractivity contribution in [3.05, 3.63) is 81.0 Å². The highest BCUT2D eigenvalue weighted by Gasteiger charge is 2.31. The van der Waals surface area contributed by atoms with Crippen molar-refractivity contribution in [2.45, 2.75) is 102 Å². The van der Waals surface area contributed by atoms with Gasteiger partial charge in [-0.2, -0.15) is 10.2 Å². The van der Waals surface area contributed by atoms with Gasteiger partial charge in [0.1, 0.15) is 23.2 Å². The predicted octanol–water partition coefficient (Wildman–Crippen LogP) is 6.73.